The van der Waals surface area contributed by atoms with Crippen molar-refractivity contribution < 1.29 is 9.47 Å². The van der Waals surface area contributed by atoms with Crippen LogP contribution in [0.5, 0.6) is 5.75 Å². The average molecular weight is 278 g/mol. The fraction of sp³-hybridized carbons (Fsp3) is 0.625. The molecule has 0 atom stereocenters. The van der Waals surface area contributed by atoms with Crippen molar-refractivity contribution in [3.05, 3.63) is 28.8 Å². The highest BCUT2D eigenvalue weighted by molar-refractivity contribution is 5.43. The first-order valence-electron chi connectivity index (χ1n) is 7.44. The zero-order valence-electron chi connectivity index (χ0n) is 12.7. The van der Waals surface area contributed by atoms with E-state index in [9.17, 15) is 0 Å². The summed E-state index contributed by atoms with van der Waals surface area (Å²) in [5.41, 5.74) is 9.32. The van der Waals surface area contributed by atoms with E-state index in [1.165, 1.54) is 16.7 Å². The van der Waals surface area contributed by atoms with Crippen molar-refractivity contribution in [2.45, 2.75) is 20.3 Å². The van der Waals surface area contributed by atoms with Crippen LogP contribution in [0.25, 0.3) is 0 Å². The summed E-state index contributed by atoms with van der Waals surface area (Å²) in [6.07, 6.45) is 0.926. The van der Waals surface area contributed by atoms with E-state index in [1.54, 1.807) is 0 Å². The molecular formula is C16H26N2O2. The van der Waals surface area contributed by atoms with Gasteiger partial charge in [0.1, 0.15) is 12.4 Å². The molecule has 0 aliphatic carbocycles. The lowest BCUT2D eigenvalue weighted by molar-refractivity contribution is 0.0322. The van der Waals surface area contributed by atoms with Gasteiger partial charge in [0, 0.05) is 19.6 Å². The van der Waals surface area contributed by atoms with E-state index in [0.717, 1.165) is 51.6 Å². The fourth-order valence-corrected chi connectivity index (χ4v) is 2.68. The standard InChI is InChI=1S/C16H26N2O2/c1-13-11-15(3-4-17)12-14(2)16(13)20-10-7-18-5-8-19-9-6-18/h11-12H,3-10,17H2,1-2H3. The van der Waals surface area contributed by atoms with Gasteiger partial charge in [-0.05, 0) is 43.5 Å². The summed E-state index contributed by atoms with van der Waals surface area (Å²) in [6, 6.07) is 4.37. The van der Waals surface area contributed by atoms with Gasteiger partial charge in [-0.25, -0.2) is 0 Å². The Morgan fingerprint density at radius 3 is 2.45 bits per heavy atom. The second-order valence-electron chi connectivity index (χ2n) is 5.40. The molecule has 0 amide bonds. The first-order chi connectivity index (χ1) is 9.70. The molecule has 1 aliphatic rings. The average Bonchev–Trinajstić information content (AvgIpc) is 2.43. The number of nitrogens with two attached hydrogens (primary N) is 1. The highest BCUT2D eigenvalue weighted by atomic mass is 16.5. The van der Waals surface area contributed by atoms with Crippen molar-refractivity contribution in [3.8, 4) is 5.75 Å². The normalized spacial score (nSPS) is 16.4. The Kier molecular flexibility index (Phi) is 5.83. The molecule has 1 saturated heterocycles. The molecule has 2 N–H and O–H groups in total. The quantitative estimate of drug-likeness (QED) is 0.857. The molecule has 20 heavy (non-hydrogen) atoms. The maximum atomic E-state index is 5.99. The minimum atomic E-state index is 0.691. The van der Waals surface area contributed by atoms with E-state index in [1.807, 2.05) is 0 Å². The third kappa shape index (κ3) is 4.20. The molecule has 1 fully saturated rings. The van der Waals surface area contributed by atoms with Crippen molar-refractivity contribution in [3.63, 3.8) is 0 Å². The summed E-state index contributed by atoms with van der Waals surface area (Å²) >= 11 is 0. The molecule has 0 aromatic heterocycles. The van der Waals surface area contributed by atoms with E-state index >= 15 is 0 Å². The van der Waals surface area contributed by atoms with Crippen molar-refractivity contribution in [1.82, 2.24) is 4.90 Å². The summed E-state index contributed by atoms with van der Waals surface area (Å²) in [7, 11) is 0. The Hall–Kier alpha value is -1.10. The van der Waals surface area contributed by atoms with Crippen LogP contribution in [0, 0.1) is 13.8 Å². The number of morpholine rings is 1. The predicted octanol–water partition coefficient (Wildman–Crippen LogP) is 1.52. The monoisotopic (exact) mass is 278 g/mol. The van der Waals surface area contributed by atoms with Gasteiger partial charge in [-0.15, -0.1) is 0 Å². The predicted molar refractivity (Wildman–Crippen MR) is 81.4 cm³/mol. The Labute approximate surface area is 121 Å². The third-order valence-electron chi connectivity index (χ3n) is 3.71. The molecule has 0 radical (unpaired) electrons. The van der Waals surface area contributed by atoms with Crippen LogP contribution in [0.1, 0.15) is 16.7 Å². The number of ether oxygens (including phenoxy) is 2. The van der Waals surface area contributed by atoms with Gasteiger partial charge in [0.15, 0.2) is 0 Å². The van der Waals surface area contributed by atoms with Gasteiger partial charge >= 0.3 is 0 Å². The highest BCUT2D eigenvalue weighted by Crippen LogP contribution is 2.25. The molecule has 112 valence electrons. The van der Waals surface area contributed by atoms with Gasteiger partial charge in [0.05, 0.1) is 13.2 Å². The summed E-state index contributed by atoms with van der Waals surface area (Å²) < 4.78 is 11.3. The number of rotatable bonds is 6. The van der Waals surface area contributed by atoms with Crippen molar-refractivity contribution in [1.29, 1.82) is 0 Å². The molecule has 0 bridgehead atoms. The van der Waals surface area contributed by atoms with Crippen LogP contribution in [0.3, 0.4) is 0 Å². The smallest absolute Gasteiger partial charge is 0.125 e. The fourth-order valence-electron chi connectivity index (χ4n) is 2.68. The molecule has 0 saturated carbocycles. The van der Waals surface area contributed by atoms with Crippen LogP contribution >= 0.6 is 0 Å². The molecule has 0 spiro atoms. The van der Waals surface area contributed by atoms with Crippen LogP contribution in [-0.2, 0) is 11.2 Å². The molecule has 0 unspecified atom stereocenters. The topological polar surface area (TPSA) is 47.7 Å². The molecule has 4 nitrogen and oxygen atoms in total. The highest BCUT2D eigenvalue weighted by Gasteiger charge is 2.11. The van der Waals surface area contributed by atoms with Gasteiger partial charge in [0.25, 0.3) is 0 Å². The number of nitrogens with zero attached hydrogens (tertiary/aromatic N) is 1. The van der Waals surface area contributed by atoms with Crippen molar-refractivity contribution in [2.24, 2.45) is 5.73 Å². The van der Waals surface area contributed by atoms with Gasteiger partial charge in [-0.3, -0.25) is 4.90 Å². The zero-order chi connectivity index (χ0) is 14.4. The van der Waals surface area contributed by atoms with E-state index < -0.39 is 0 Å². The van der Waals surface area contributed by atoms with Crippen LogP contribution in [0.4, 0.5) is 0 Å². The summed E-state index contributed by atoms with van der Waals surface area (Å²) in [6.45, 7) is 10.3. The lowest BCUT2D eigenvalue weighted by Crippen LogP contribution is -2.38. The Morgan fingerprint density at radius 1 is 1.20 bits per heavy atom. The Morgan fingerprint density at radius 2 is 1.85 bits per heavy atom. The van der Waals surface area contributed by atoms with Crippen LogP contribution in [0.15, 0.2) is 12.1 Å². The first-order valence-corrected chi connectivity index (χ1v) is 7.44. The van der Waals surface area contributed by atoms with Gasteiger partial charge in [-0.2, -0.15) is 0 Å². The lowest BCUT2D eigenvalue weighted by atomic mass is 10.0. The molecule has 1 aromatic carbocycles. The molecule has 1 heterocycles. The lowest BCUT2D eigenvalue weighted by Gasteiger charge is -2.26. The van der Waals surface area contributed by atoms with Crippen molar-refractivity contribution >= 4 is 0 Å². The van der Waals surface area contributed by atoms with E-state index in [2.05, 4.69) is 30.9 Å². The third-order valence-corrected chi connectivity index (χ3v) is 3.71. The van der Waals surface area contributed by atoms with Gasteiger partial charge < -0.3 is 15.2 Å². The Bertz CT molecular complexity index is 405. The van der Waals surface area contributed by atoms with Crippen molar-refractivity contribution in [2.75, 3.05) is 46.0 Å². The SMILES string of the molecule is Cc1cc(CCN)cc(C)c1OCCN1CCOCC1. The van der Waals surface area contributed by atoms with Gasteiger partial charge in [0.2, 0.25) is 0 Å². The largest absolute Gasteiger partial charge is 0.492 e. The molecule has 2 rings (SSSR count). The summed E-state index contributed by atoms with van der Waals surface area (Å²) in [4.78, 5) is 2.39. The summed E-state index contributed by atoms with van der Waals surface area (Å²) in [5, 5.41) is 0. The van der Waals surface area contributed by atoms with Gasteiger partial charge in [-0.1, -0.05) is 12.1 Å². The van der Waals surface area contributed by atoms with E-state index in [0.29, 0.717) is 6.54 Å². The summed E-state index contributed by atoms with van der Waals surface area (Å²) in [5.74, 6) is 1.03. The number of aryl methyl sites for hydroxylation is 2. The van der Waals surface area contributed by atoms with Crippen LogP contribution in [0.2, 0.25) is 0 Å². The number of hydrogen-bond donors (Lipinski definition) is 1. The second kappa shape index (κ2) is 7.62. The second-order valence-corrected chi connectivity index (χ2v) is 5.40. The molecule has 1 aliphatic heterocycles. The zero-order valence-corrected chi connectivity index (χ0v) is 12.7. The maximum absolute atomic E-state index is 5.99. The number of benzene rings is 1. The number of hydrogen-bond acceptors (Lipinski definition) is 4. The first kappa shape index (κ1) is 15.3. The molecule has 4 heteroatoms. The molecular weight excluding hydrogens is 252 g/mol. The van der Waals surface area contributed by atoms with E-state index in [4.69, 9.17) is 15.2 Å². The van der Waals surface area contributed by atoms with Crippen LogP contribution < -0.4 is 10.5 Å². The molecule has 1 aromatic rings. The maximum Gasteiger partial charge on any atom is 0.125 e. The van der Waals surface area contributed by atoms with E-state index in [-0.39, 0.29) is 0 Å². The Balaban J connectivity index is 1.88. The minimum Gasteiger partial charge on any atom is -0.492 e. The van der Waals surface area contributed by atoms with Crippen LogP contribution in [-0.4, -0.2) is 50.9 Å². The minimum absolute atomic E-state index is 0.691.